The van der Waals surface area contributed by atoms with Crippen LogP contribution in [-0.2, 0) is 21.4 Å². The molecular formula is C19H21BrF2NO4PS. The van der Waals surface area contributed by atoms with Gasteiger partial charge in [-0.25, -0.2) is 0 Å². The van der Waals surface area contributed by atoms with Crippen molar-refractivity contribution >= 4 is 46.9 Å². The summed E-state index contributed by atoms with van der Waals surface area (Å²) in [7, 11) is -5.59. The zero-order valence-corrected chi connectivity index (χ0v) is 18.9. The average molecular weight is 508 g/mol. The number of thioether (sulfide) groups is 1. The zero-order valence-electron chi connectivity index (χ0n) is 15.6. The van der Waals surface area contributed by atoms with Crippen LogP contribution in [0.5, 0.6) is 0 Å². The third-order valence-electron chi connectivity index (χ3n) is 4.03. The predicted octanol–water partition coefficient (Wildman–Crippen LogP) is 5.75. The number of alkyl halides is 2. The number of halogens is 3. The quantitative estimate of drug-likeness (QED) is 0.228. The van der Waals surface area contributed by atoms with E-state index >= 15 is 0 Å². The molecule has 0 atom stereocenters. The summed E-state index contributed by atoms with van der Waals surface area (Å²) in [4.78, 5) is 29.8. The van der Waals surface area contributed by atoms with Crippen molar-refractivity contribution in [3.05, 3.63) is 58.1 Å². The number of amides is 1. The summed E-state index contributed by atoms with van der Waals surface area (Å²) in [6.07, 6.45) is 2.43. The molecule has 0 fully saturated rings. The van der Waals surface area contributed by atoms with Gasteiger partial charge in [0.2, 0.25) is 5.91 Å². The second kappa shape index (κ2) is 10.2. The molecule has 0 aliphatic heterocycles. The number of unbranched alkanes of at least 4 members (excludes halogenated alkanes) is 1. The Labute approximate surface area is 180 Å². The van der Waals surface area contributed by atoms with E-state index in [9.17, 15) is 18.1 Å². The van der Waals surface area contributed by atoms with Crippen LogP contribution in [0.1, 0.15) is 30.9 Å². The summed E-state index contributed by atoms with van der Waals surface area (Å²) < 4.78 is 38.7. The molecule has 0 radical (unpaired) electrons. The van der Waals surface area contributed by atoms with E-state index in [4.69, 9.17) is 9.79 Å². The van der Waals surface area contributed by atoms with E-state index in [2.05, 4.69) is 21.2 Å². The molecule has 5 nitrogen and oxygen atoms in total. The summed E-state index contributed by atoms with van der Waals surface area (Å²) in [6, 6.07) is 11.6. The van der Waals surface area contributed by atoms with Crippen LogP contribution in [0.25, 0.3) is 0 Å². The zero-order chi connectivity index (χ0) is 21.7. The van der Waals surface area contributed by atoms with Crippen molar-refractivity contribution in [2.24, 2.45) is 0 Å². The second-order valence-electron chi connectivity index (χ2n) is 6.41. The van der Waals surface area contributed by atoms with E-state index in [0.29, 0.717) is 6.42 Å². The fourth-order valence-electron chi connectivity index (χ4n) is 2.57. The van der Waals surface area contributed by atoms with Crippen molar-refractivity contribution < 1.29 is 27.9 Å². The summed E-state index contributed by atoms with van der Waals surface area (Å²) in [5.74, 6) is 0.769. The minimum atomic E-state index is -5.59. The minimum Gasteiger partial charge on any atom is -0.326 e. The van der Waals surface area contributed by atoms with E-state index in [1.165, 1.54) is 19.1 Å². The Hall–Kier alpha value is -1.25. The Balaban J connectivity index is 1.82. The van der Waals surface area contributed by atoms with Gasteiger partial charge in [-0.1, -0.05) is 28.1 Å². The van der Waals surface area contributed by atoms with Crippen LogP contribution in [0.2, 0.25) is 0 Å². The standard InChI is InChI=1S/C19H21BrF2NO4PS/c1-13(24)23-15-6-8-16(9-7-15)29-11-3-2-4-14-5-10-17(18(20)12-14)19(21,22)28(25,26)27/h5-10,12H,2-4,11H2,1H3,(H,23,24)(H2,25,26,27). The molecule has 3 N–H and O–H groups in total. The number of benzene rings is 2. The molecule has 0 spiro atoms. The van der Waals surface area contributed by atoms with Crippen molar-refractivity contribution in [1.29, 1.82) is 0 Å². The monoisotopic (exact) mass is 507 g/mol. The van der Waals surface area contributed by atoms with Gasteiger partial charge in [-0.3, -0.25) is 9.36 Å². The molecule has 0 bridgehead atoms. The van der Waals surface area contributed by atoms with E-state index in [0.717, 1.165) is 40.8 Å². The normalized spacial score (nSPS) is 12.1. The third kappa shape index (κ3) is 6.89. The molecule has 0 unspecified atom stereocenters. The van der Waals surface area contributed by atoms with Crippen molar-refractivity contribution in [2.45, 2.75) is 36.7 Å². The Kier molecular flexibility index (Phi) is 8.43. The van der Waals surface area contributed by atoms with Crippen LogP contribution in [-0.4, -0.2) is 21.4 Å². The van der Waals surface area contributed by atoms with E-state index in [1.807, 2.05) is 24.3 Å². The molecular weight excluding hydrogens is 487 g/mol. The number of nitrogens with one attached hydrogen (secondary N) is 1. The second-order valence-corrected chi connectivity index (χ2v) is 10.1. The van der Waals surface area contributed by atoms with Crippen molar-refractivity contribution in [2.75, 3.05) is 11.1 Å². The number of rotatable bonds is 9. The molecule has 2 rings (SSSR count). The summed E-state index contributed by atoms with van der Waals surface area (Å²) in [5.41, 5.74) is -3.38. The first-order chi connectivity index (χ1) is 13.5. The van der Waals surface area contributed by atoms with Gasteiger partial charge in [0.25, 0.3) is 0 Å². The SMILES string of the molecule is CC(=O)Nc1ccc(SCCCCc2ccc(C(F)(F)P(=O)(O)O)c(Br)c2)cc1. The molecule has 0 saturated heterocycles. The summed E-state index contributed by atoms with van der Waals surface area (Å²) in [6.45, 7) is 1.46. The fourth-order valence-corrected chi connectivity index (χ4v) is 4.82. The first-order valence-electron chi connectivity index (χ1n) is 8.73. The molecule has 158 valence electrons. The molecule has 0 saturated carbocycles. The maximum absolute atomic E-state index is 13.8. The molecule has 0 aliphatic carbocycles. The molecule has 1 amide bonds. The molecule has 2 aromatic rings. The van der Waals surface area contributed by atoms with Gasteiger partial charge in [-0.05, 0) is 60.9 Å². The fraction of sp³-hybridized carbons (Fsp3) is 0.316. The largest absolute Gasteiger partial charge is 0.399 e. The lowest BCUT2D eigenvalue weighted by molar-refractivity contribution is -0.114. The van der Waals surface area contributed by atoms with Crippen LogP contribution in [0.3, 0.4) is 0 Å². The third-order valence-corrected chi connectivity index (χ3v) is 6.75. The van der Waals surface area contributed by atoms with E-state index < -0.39 is 18.8 Å². The molecule has 0 aliphatic rings. The number of anilines is 1. The van der Waals surface area contributed by atoms with Crippen molar-refractivity contribution in [3.8, 4) is 0 Å². The topological polar surface area (TPSA) is 86.6 Å². The molecule has 10 heteroatoms. The highest BCUT2D eigenvalue weighted by atomic mass is 79.9. The summed E-state index contributed by atoms with van der Waals surface area (Å²) >= 11 is 4.68. The molecule has 0 heterocycles. The lowest BCUT2D eigenvalue weighted by atomic mass is 10.1. The maximum atomic E-state index is 13.8. The highest BCUT2D eigenvalue weighted by molar-refractivity contribution is 9.10. The van der Waals surface area contributed by atoms with Gasteiger partial charge < -0.3 is 15.1 Å². The average Bonchev–Trinajstić information content (AvgIpc) is 2.61. The van der Waals surface area contributed by atoms with Gasteiger partial charge in [-0.2, -0.15) is 8.78 Å². The van der Waals surface area contributed by atoms with Crippen LogP contribution in [0.4, 0.5) is 14.5 Å². The minimum absolute atomic E-state index is 0.0167. The lowest BCUT2D eigenvalue weighted by Gasteiger charge is -2.19. The smallest absolute Gasteiger partial charge is 0.326 e. The Bertz CT molecular complexity index is 906. The molecule has 0 aromatic heterocycles. The van der Waals surface area contributed by atoms with Gasteiger partial charge in [0.1, 0.15) is 0 Å². The number of hydrogen-bond acceptors (Lipinski definition) is 3. The Morgan fingerprint density at radius 1 is 1.17 bits per heavy atom. The Morgan fingerprint density at radius 2 is 1.83 bits per heavy atom. The number of hydrogen-bond donors (Lipinski definition) is 3. The number of carbonyl (C=O) groups is 1. The maximum Gasteiger partial charge on any atom is 0.399 e. The van der Waals surface area contributed by atoms with Gasteiger partial charge in [-0.15, -0.1) is 11.8 Å². The van der Waals surface area contributed by atoms with Gasteiger partial charge in [0, 0.05) is 27.5 Å². The van der Waals surface area contributed by atoms with E-state index in [1.54, 1.807) is 11.8 Å². The van der Waals surface area contributed by atoms with Gasteiger partial charge in [0.15, 0.2) is 0 Å². The molecule has 29 heavy (non-hydrogen) atoms. The number of carbonyl (C=O) groups excluding carboxylic acids is 1. The Morgan fingerprint density at radius 3 is 2.38 bits per heavy atom. The van der Waals surface area contributed by atoms with Crippen molar-refractivity contribution in [3.63, 3.8) is 0 Å². The van der Waals surface area contributed by atoms with Crippen LogP contribution >= 0.6 is 35.3 Å². The number of aryl methyl sites for hydroxylation is 1. The van der Waals surface area contributed by atoms with Crippen LogP contribution in [0, 0.1) is 0 Å². The van der Waals surface area contributed by atoms with Crippen LogP contribution in [0.15, 0.2) is 51.8 Å². The van der Waals surface area contributed by atoms with E-state index in [-0.39, 0.29) is 10.4 Å². The highest BCUT2D eigenvalue weighted by Gasteiger charge is 2.51. The highest BCUT2D eigenvalue weighted by Crippen LogP contribution is 2.60. The molecule has 2 aromatic carbocycles. The van der Waals surface area contributed by atoms with Crippen molar-refractivity contribution in [1.82, 2.24) is 0 Å². The first kappa shape index (κ1) is 24.0. The van der Waals surface area contributed by atoms with Gasteiger partial charge in [0.05, 0.1) is 0 Å². The predicted molar refractivity (Wildman–Crippen MR) is 114 cm³/mol. The van der Waals surface area contributed by atoms with Crippen LogP contribution < -0.4 is 5.32 Å². The lowest BCUT2D eigenvalue weighted by Crippen LogP contribution is -2.14. The summed E-state index contributed by atoms with van der Waals surface area (Å²) in [5, 5.41) is 2.71. The van der Waals surface area contributed by atoms with Gasteiger partial charge >= 0.3 is 13.3 Å². The first-order valence-corrected chi connectivity index (χ1v) is 12.1.